The van der Waals surface area contributed by atoms with Gasteiger partial charge < -0.3 is 46.4 Å². The molecule has 8 aliphatic carbocycles. The molecule has 8 aliphatic rings. The first-order valence-corrected chi connectivity index (χ1v) is 28.1. The maximum atomic E-state index is 12.2. The zero-order valence-corrected chi connectivity index (χ0v) is 42.6. The van der Waals surface area contributed by atoms with E-state index in [0.717, 1.165) is 77.0 Å². The van der Waals surface area contributed by atoms with Gasteiger partial charge in [0.05, 0.1) is 42.4 Å². The van der Waals surface area contributed by atoms with Gasteiger partial charge >= 0.3 is 5.97 Å². The minimum Gasteiger partial charge on any atom is -0.480 e. The quantitative estimate of drug-likeness (QED) is 0.110. The molecular weight excluding hydrogens is 893 g/mol. The fourth-order valence-corrected chi connectivity index (χ4v) is 18.4. The fourth-order valence-electron chi connectivity index (χ4n) is 18.1. The first-order chi connectivity index (χ1) is 31.7. The largest absolute Gasteiger partial charge is 0.480 e. The summed E-state index contributed by atoms with van der Waals surface area (Å²) in [6.07, 6.45) is 11.5. The van der Waals surface area contributed by atoms with Crippen LogP contribution in [0.3, 0.4) is 0 Å². The number of carboxylic acid groups (broad SMARTS) is 1. The molecule has 8 rings (SSSR count). The molecule has 0 aromatic rings. The van der Waals surface area contributed by atoms with Crippen LogP contribution in [0.4, 0.5) is 0 Å². The number of hydrogen-bond acceptors (Lipinski definition) is 11. The molecule has 68 heavy (non-hydrogen) atoms. The summed E-state index contributed by atoms with van der Waals surface area (Å²) in [4.78, 5) is 34.9. The lowest BCUT2D eigenvalue weighted by Crippen LogP contribution is -2.62. The molecule has 0 aromatic heterocycles. The topological polar surface area (TPSA) is 271 Å². The fraction of sp³-hybridized carbons (Fsp3) is 0.942. The number of hydrogen-bond donors (Lipinski definition) is 10. The van der Waals surface area contributed by atoms with E-state index >= 15 is 0 Å². The van der Waals surface area contributed by atoms with Gasteiger partial charge in [-0.25, -0.2) is 0 Å². The lowest BCUT2D eigenvalue weighted by Gasteiger charge is -2.63. The zero-order valence-electron chi connectivity index (χ0n) is 41.8. The van der Waals surface area contributed by atoms with Crippen LogP contribution in [0.1, 0.15) is 157 Å². The molecule has 16 heteroatoms. The van der Waals surface area contributed by atoms with E-state index in [9.17, 15) is 53.4 Å². The predicted octanol–water partition coefficient (Wildman–Crippen LogP) is 4.93. The van der Waals surface area contributed by atoms with Gasteiger partial charge in [-0.3, -0.25) is 18.9 Å². The van der Waals surface area contributed by atoms with Gasteiger partial charge in [0.2, 0.25) is 11.8 Å². The third-order valence-electron chi connectivity index (χ3n) is 21.8. The lowest BCUT2D eigenvalue weighted by molar-refractivity contribution is -0.207. The van der Waals surface area contributed by atoms with E-state index in [1.165, 1.54) is 0 Å². The van der Waals surface area contributed by atoms with Crippen molar-refractivity contribution in [1.82, 2.24) is 10.6 Å². The Hall–Kier alpha value is -1.92. The number of nitrogens with one attached hydrogen (secondary N) is 2. The molecule has 0 aromatic carbocycles. The van der Waals surface area contributed by atoms with E-state index in [4.69, 9.17) is 9.66 Å². The summed E-state index contributed by atoms with van der Waals surface area (Å²) >= 11 is 0. The van der Waals surface area contributed by atoms with Crippen LogP contribution in [0.25, 0.3) is 0 Å². The van der Waals surface area contributed by atoms with Gasteiger partial charge in [0, 0.05) is 19.4 Å². The molecule has 2 amide bonds. The van der Waals surface area contributed by atoms with E-state index in [-0.39, 0.29) is 130 Å². The van der Waals surface area contributed by atoms with Gasteiger partial charge in [-0.15, -0.1) is 0 Å². The van der Waals surface area contributed by atoms with Crippen LogP contribution in [0.2, 0.25) is 0 Å². The van der Waals surface area contributed by atoms with Crippen molar-refractivity contribution in [3.63, 3.8) is 0 Å². The number of carboxylic acids is 1. The highest BCUT2D eigenvalue weighted by Gasteiger charge is 2.67. The molecule has 0 heterocycles. The second-order valence-electron chi connectivity index (χ2n) is 24.9. The van der Waals surface area contributed by atoms with Crippen molar-refractivity contribution < 1.29 is 63.1 Å². The van der Waals surface area contributed by atoms with Crippen molar-refractivity contribution >= 4 is 27.9 Å². The number of fused-ring (bicyclic) bond motifs is 10. The van der Waals surface area contributed by atoms with Gasteiger partial charge in [-0.1, -0.05) is 41.5 Å². The zero-order chi connectivity index (χ0) is 49.9. The standard InChI is InChI=1S/C26H45NO7S.C26H43NO6/c1-15(4-7-23(31)27-10-11-35(32,33)34)18-5-6-19-24-20(14-22(30)26(18,19)3)25(2)9-8-17(28)12-16(25)13-21(24)29;1-14(4-7-22(31)27-13-23(32)33)17-5-6-18-24-19(12-21(30)26(17,18)3)25(2)9-8-16(28)10-15(25)11-20(24)29/h15-22,24,28-30H,4-14H2,1-3H3,(H,27,31)(H,32,33,34);14-21,24,28-30H,4-13H2,1-3H3,(H,27,31)(H,32,33)/t15-,16+,17-,18-,19+,20+,21-,22+,24+,25+,26-;14-,15+,16-,17-,18+,19+,20-,21+,24+,25+,26-/m11/s1. The van der Waals surface area contributed by atoms with E-state index < -0.39 is 40.2 Å². The third-order valence-corrected chi connectivity index (χ3v) is 22.5. The second-order valence-corrected chi connectivity index (χ2v) is 26.5. The van der Waals surface area contributed by atoms with Crippen LogP contribution in [-0.2, 0) is 24.5 Å². The summed E-state index contributed by atoms with van der Waals surface area (Å²) in [5.41, 5.74) is -0.469. The number of aliphatic hydroxyl groups is 6. The van der Waals surface area contributed by atoms with Crippen LogP contribution in [0.5, 0.6) is 0 Å². The molecule has 390 valence electrons. The van der Waals surface area contributed by atoms with Crippen molar-refractivity contribution in [2.75, 3.05) is 18.8 Å². The molecule has 8 fully saturated rings. The van der Waals surface area contributed by atoms with Crippen molar-refractivity contribution in [1.29, 1.82) is 0 Å². The summed E-state index contributed by atoms with van der Waals surface area (Å²) in [5, 5.41) is 80.1. The summed E-state index contributed by atoms with van der Waals surface area (Å²) in [7, 11) is -4.10. The number of carbonyl (C=O) groups is 3. The monoisotopic (exact) mass is 981 g/mol. The van der Waals surface area contributed by atoms with Crippen molar-refractivity contribution in [3.05, 3.63) is 0 Å². The van der Waals surface area contributed by atoms with Crippen molar-refractivity contribution in [2.24, 2.45) is 92.7 Å². The summed E-state index contributed by atoms with van der Waals surface area (Å²) < 4.78 is 30.5. The molecule has 15 nitrogen and oxygen atoms in total. The third kappa shape index (κ3) is 10.2. The van der Waals surface area contributed by atoms with Crippen molar-refractivity contribution in [3.8, 4) is 0 Å². The van der Waals surface area contributed by atoms with Gasteiger partial charge in [0.1, 0.15) is 6.54 Å². The first-order valence-electron chi connectivity index (χ1n) is 26.5. The Morgan fingerprint density at radius 3 is 1.40 bits per heavy atom. The van der Waals surface area contributed by atoms with E-state index in [0.29, 0.717) is 43.9 Å². The summed E-state index contributed by atoms with van der Waals surface area (Å²) in [5.74, 6) is 0.970. The van der Waals surface area contributed by atoms with Gasteiger partial charge in [-0.2, -0.15) is 8.42 Å². The van der Waals surface area contributed by atoms with Gasteiger partial charge in [0.25, 0.3) is 10.1 Å². The Kier molecular flexibility index (Phi) is 16.3. The average Bonchev–Trinajstić information content (AvgIpc) is 3.81. The molecule has 10 N–H and O–H groups in total. The first kappa shape index (κ1) is 53.9. The van der Waals surface area contributed by atoms with Crippen LogP contribution in [0, 0.1) is 92.7 Å². The second kappa shape index (κ2) is 20.5. The van der Waals surface area contributed by atoms with E-state index in [2.05, 4.69) is 52.2 Å². The Bertz CT molecular complexity index is 1920. The van der Waals surface area contributed by atoms with Gasteiger partial charge in [0.15, 0.2) is 0 Å². The molecule has 0 bridgehead atoms. The highest BCUT2D eigenvalue weighted by atomic mass is 32.2. The normalized spacial score (nSPS) is 47.0. The maximum absolute atomic E-state index is 12.2. The lowest BCUT2D eigenvalue weighted by atomic mass is 9.43. The smallest absolute Gasteiger partial charge is 0.322 e. The van der Waals surface area contributed by atoms with Crippen LogP contribution < -0.4 is 10.6 Å². The molecule has 0 aliphatic heterocycles. The Balaban J connectivity index is 0.000000202. The predicted molar refractivity (Wildman–Crippen MR) is 255 cm³/mol. The maximum Gasteiger partial charge on any atom is 0.322 e. The molecule has 8 saturated carbocycles. The summed E-state index contributed by atoms with van der Waals surface area (Å²) in [6, 6.07) is 0. The Morgan fingerprint density at radius 2 is 1.00 bits per heavy atom. The SMILES string of the molecule is C[C@H](CCC(=O)NCC(=O)O)[C@H]1CC[C@H]2[C@@H]3[C@H](O)C[C@@H]4C[C@H](O)CC[C@]4(C)[C@H]3C[C@H](O)[C@]12C.C[C@H](CCC(=O)NCCS(=O)(=O)O)[C@H]1CC[C@H]2[C@@H]3[C@H](O)C[C@@H]4C[C@H](O)CC[C@]4(C)[C@H]3C[C@H](O)[C@]12C. The minimum absolute atomic E-state index is 0.0509. The molecule has 0 radical (unpaired) electrons. The molecular formula is C52H88N2O13S. The molecule has 0 spiro atoms. The summed E-state index contributed by atoms with van der Waals surface area (Å²) in [6.45, 7) is 12.9. The van der Waals surface area contributed by atoms with Crippen LogP contribution in [0.15, 0.2) is 0 Å². The minimum atomic E-state index is -4.10. The Labute approximate surface area is 405 Å². The molecule has 0 saturated heterocycles. The highest BCUT2D eigenvalue weighted by Crippen LogP contribution is 2.70. The van der Waals surface area contributed by atoms with Crippen LogP contribution >= 0.6 is 0 Å². The van der Waals surface area contributed by atoms with Crippen molar-refractivity contribution in [2.45, 2.75) is 194 Å². The number of aliphatic hydroxyl groups excluding tert-OH is 6. The Morgan fingerprint density at radius 1 is 0.588 bits per heavy atom. The number of carbonyl (C=O) groups excluding carboxylic acids is 2. The number of amides is 2. The number of aliphatic carboxylic acids is 1. The van der Waals surface area contributed by atoms with Gasteiger partial charge in [-0.05, 0) is 195 Å². The average molecular weight is 981 g/mol. The number of rotatable bonds is 13. The molecule has 22 atom stereocenters. The van der Waals surface area contributed by atoms with E-state index in [1.54, 1.807) is 0 Å². The highest BCUT2D eigenvalue weighted by molar-refractivity contribution is 7.85. The molecule has 0 unspecified atom stereocenters. The van der Waals surface area contributed by atoms with Crippen LogP contribution in [-0.4, -0.2) is 122 Å². The van der Waals surface area contributed by atoms with E-state index in [1.807, 2.05) is 0 Å².